The summed E-state index contributed by atoms with van der Waals surface area (Å²) in [6.07, 6.45) is -7.78. The fourth-order valence-electron chi connectivity index (χ4n) is 3.44. The number of nitrogens with zero attached hydrogens (tertiary/aromatic N) is 2. The van der Waals surface area contributed by atoms with Crippen LogP contribution in [0.15, 0.2) is 60.9 Å². The van der Waals surface area contributed by atoms with Crippen LogP contribution in [0.3, 0.4) is 0 Å². The number of aromatic nitrogens is 2. The Labute approximate surface area is 286 Å². The van der Waals surface area contributed by atoms with E-state index < -0.39 is 35.3 Å². The average Bonchev–Trinajstić information content (AvgIpc) is 2.95. The van der Waals surface area contributed by atoms with Crippen LogP contribution in [0.4, 0.5) is 26.3 Å². The van der Waals surface area contributed by atoms with E-state index >= 15 is 0 Å². The summed E-state index contributed by atoms with van der Waals surface area (Å²) in [7, 11) is 0. The highest BCUT2D eigenvalue weighted by Crippen LogP contribution is 2.32. The highest BCUT2D eigenvalue weighted by atomic mass is 35.5. The van der Waals surface area contributed by atoms with Crippen LogP contribution < -0.4 is 10.6 Å². The van der Waals surface area contributed by atoms with E-state index in [0.29, 0.717) is 12.4 Å². The van der Waals surface area contributed by atoms with Crippen LogP contribution in [0.1, 0.15) is 43.2 Å². The molecule has 0 saturated heterocycles. The second kappa shape index (κ2) is 15.7. The minimum absolute atomic E-state index is 0.0684. The number of rotatable bonds is 6. The number of hydrogen-bond acceptors (Lipinski definition) is 4. The summed E-state index contributed by atoms with van der Waals surface area (Å²) >= 11 is 35.1. The zero-order valence-corrected chi connectivity index (χ0v) is 27.0. The molecule has 0 aliphatic carbocycles. The molecular weight excluding hydrogens is 751 g/mol. The number of pyridine rings is 2. The molecule has 0 atom stereocenters. The molecule has 0 aliphatic rings. The molecule has 244 valence electrons. The molecule has 46 heavy (non-hydrogen) atoms. The Morgan fingerprint density at radius 1 is 0.565 bits per heavy atom. The van der Waals surface area contributed by atoms with E-state index in [-0.39, 0.29) is 65.7 Å². The van der Waals surface area contributed by atoms with Gasteiger partial charge in [-0.2, -0.15) is 26.3 Å². The van der Waals surface area contributed by atoms with E-state index in [9.17, 15) is 35.9 Å². The first kappa shape index (κ1) is 37.5. The topological polar surface area (TPSA) is 84.0 Å². The van der Waals surface area contributed by atoms with Crippen LogP contribution in [0.5, 0.6) is 0 Å². The molecule has 0 saturated carbocycles. The van der Waals surface area contributed by atoms with Gasteiger partial charge < -0.3 is 10.6 Å². The van der Waals surface area contributed by atoms with Crippen LogP contribution in [0.2, 0.25) is 30.1 Å². The predicted molar refractivity (Wildman–Crippen MR) is 164 cm³/mol. The number of hydrogen-bond donors (Lipinski definition) is 2. The summed E-state index contributed by atoms with van der Waals surface area (Å²) in [6.45, 7) is -0.339. The molecule has 0 spiro atoms. The Balaban J connectivity index is 0.000000250. The second-order valence-corrected chi connectivity index (χ2v) is 11.3. The van der Waals surface area contributed by atoms with Gasteiger partial charge in [0.05, 0.1) is 76.9 Å². The van der Waals surface area contributed by atoms with Gasteiger partial charge in [0, 0.05) is 12.4 Å². The molecule has 4 aromatic rings. The molecule has 0 aliphatic heterocycles. The molecule has 2 aromatic heterocycles. The molecule has 4 rings (SSSR count). The minimum atomic E-state index is -4.54. The number of nitrogens with one attached hydrogen (secondary N) is 2. The van der Waals surface area contributed by atoms with E-state index in [0.717, 1.165) is 12.1 Å². The Morgan fingerprint density at radius 2 is 0.870 bits per heavy atom. The molecule has 0 fully saturated rings. The molecule has 6 nitrogen and oxygen atoms in total. The first-order chi connectivity index (χ1) is 21.4. The Morgan fingerprint density at radius 3 is 1.13 bits per heavy atom. The van der Waals surface area contributed by atoms with Crippen molar-refractivity contribution >= 4 is 81.4 Å². The minimum Gasteiger partial charge on any atom is -0.346 e. The van der Waals surface area contributed by atoms with Gasteiger partial charge in [-0.3, -0.25) is 19.6 Å². The maximum atomic E-state index is 12.5. The molecular formula is C28H16Cl6F6N4O2. The van der Waals surface area contributed by atoms with Crippen LogP contribution in [-0.4, -0.2) is 21.8 Å². The molecule has 0 unspecified atom stereocenters. The summed E-state index contributed by atoms with van der Waals surface area (Å²) in [5, 5.41) is 5.13. The van der Waals surface area contributed by atoms with Crippen molar-refractivity contribution in [1.82, 2.24) is 20.6 Å². The van der Waals surface area contributed by atoms with E-state index in [1.165, 1.54) is 24.3 Å². The Kier molecular flexibility index (Phi) is 12.8. The van der Waals surface area contributed by atoms with Gasteiger partial charge in [0.25, 0.3) is 11.8 Å². The number of halogens is 12. The first-order valence-electron chi connectivity index (χ1n) is 12.3. The molecule has 0 radical (unpaired) electrons. The summed E-state index contributed by atoms with van der Waals surface area (Å²) in [5.41, 5.74) is -1.61. The molecule has 2 aromatic carbocycles. The number of carbonyl (C=O) groups excluding carboxylic acids is 2. The maximum Gasteiger partial charge on any atom is 0.417 e. The van der Waals surface area contributed by atoms with E-state index in [1.807, 2.05) is 0 Å². The lowest BCUT2D eigenvalue weighted by atomic mass is 10.2. The van der Waals surface area contributed by atoms with Gasteiger partial charge in [0.15, 0.2) is 0 Å². The standard InChI is InChI=1S/2C14H8Cl3F3N2O/c2*15-8-2-1-3-9(16)12(8)13(23)22-6-11-10(17)4-7(5-21-11)14(18,19)20/h2*1-5H,6H2,(H,22,23). The number of carbonyl (C=O) groups is 2. The predicted octanol–water partition coefficient (Wildman–Crippen LogP) is 9.98. The van der Waals surface area contributed by atoms with Gasteiger partial charge in [0.2, 0.25) is 0 Å². The maximum absolute atomic E-state index is 12.5. The zero-order valence-electron chi connectivity index (χ0n) is 22.4. The lowest BCUT2D eigenvalue weighted by Gasteiger charge is -2.11. The van der Waals surface area contributed by atoms with Crippen LogP contribution in [-0.2, 0) is 25.4 Å². The van der Waals surface area contributed by atoms with Crippen molar-refractivity contribution in [2.24, 2.45) is 0 Å². The number of amides is 2. The van der Waals surface area contributed by atoms with Gasteiger partial charge in [-0.05, 0) is 36.4 Å². The average molecular weight is 767 g/mol. The van der Waals surface area contributed by atoms with Gasteiger partial charge in [-0.1, -0.05) is 81.7 Å². The zero-order chi connectivity index (χ0) is 34.4. The SMILES string of the molecule is O=C(NCc1ncc(C(F)(F)F)cc1Cl)c1c(Cl)cccc1Cl.O=C(NCc1ncc(C(F)(F)F)cc1Cl)c1c(Cl)cccc1Cl. The van der Waals surface area contributed by atoms with Crippen molar-refractivity contribution in [2.75, 3.05) is 0 Å². The van der Waals surface area contributed by atoms with Gasteiger partial charge in [0.1, 0.15) is 0 Å². The fraction of sp³-hybridized carbons (Fsp3) is 0.143. The van der Waals surface area contributed by atoms with Crippen LogP contribution in [0, 0.1) is 0 Å². The third kappa shape index (κ3) is 10.00. The summed E-state index contributed by atoms with van der Waals surface area (Å²) in [6, 6.07) is 10.6. The highest BCUT2D eigenvalue weighted by Gasteiger charge is 2.32. The number of alkyl halides is 6. The summed E-state index contributed by atoms with van der Waals surface area (Å²) < 4.78 is 75.2. The van der Waals surface area contributed by atoms with Crippen molar-refractivity contribution in [3.8, 4) is 0 Å². The Bertz CT molecular complexity index is 1590. The van der Waals surface area contributed by atoms with Crippen molar-refractivity contribution in [3.05, 3.63) is 125 Å². The normalized spacial score (nSPS) is 11.4. The third-order valence-corrected chi connectivity index (χ3v) is 7.62. The molecule has 2 amide bonds. The number of benzene rings is 2. The van der Waals surface area contributed by atoms with Crippen molar-refractivity contribution < 1.29 is 35.9 Å². The van der Waals surface area contributed by atoms with E-state index in [1.54, 1.807) is 12.1 Å². The van der Waals surface area contributed by atoms with Gasteiger partial charge in [-0.25, -0.2) is 0 Å². The monoisotopic (exact) mass is 764 g/mol. The lowest BCUT2D eigenvalue weighted by Crippen LogP contribution is -2.24. The second-order valence-electron chi connectivity index (χ2n) is 8.86. The fourth-order valence-corrected chi connectivity index (χ4v) is 5.04. The molecule has 18 heteroatoms. The van der Waals surface area contributed by atoms with E-state index in [2.05, 4.69) is 20.6 Å². The Hall–Kier alpha value is -3.00. The lowest BCUT2D eigenvalue weighted by molar-refractivity contribution is -0.138. The van der Waals surface area contributed by atoms with Crippen molar-refractivity contribution in [3.63, 3.8) is 0 Å². The third-order valence-electron chi connectivity index (χ3n) is 5.70. The largest absolute Gasteiger partial charge is 0.417 e. The highest BCUT2D eigenvalue weighted by molar-refractivity contribution is 6.40. The van der Waals surface area contributed by atoms with Crippen molar-refractivity contribution in [2.45, 2.75) is 25.4 Å². The van der Waals surface area contributed by atoms with Gasteiger partial charge in [-0.15, -0.1) is 0 Å². The van der Waals surface area contributed by atoms with E-state index in [4.69, 9.17) is 69.6 Å². The summed E-state index contributed by atoms with van der Waals surface area (Å²) in [5.74, 6) is -1.17. The first-order valence-corrected chi connectivity index (χ1v) is 14.5. The molecule has 2 heterocycles. The quantitative estimate of drug-likeness (QED) is 0.192. The molecule has 0 bridgehead atoms. The summed E-state index contributed by atoms with van der Waals surface area (Å²) in [4.78, 5) is 31.4. The van der Waals surface area contributed by atoms with Crippen molar-refractivity contribution in [1.29, 1.82) is 0 Å². The van der Waals surface area contributed by atoms with Crippen LogP contribution >= 0.6 is 69.6 Å². The van der Waals surface area contributed by atoms with Crippen LogP contribution in [0.25, 0.3) is 0 Å². The molecule has 2 N–H and O–H groups in total. The van der Waals surface area contributed by atoms with Gasteiger partial charge >= 0.3 is 12.4 Å². The smallest absolute Gasteiger partial charge is 0.346 e.